The van der Waals surface area contributed by atoms with E-state index in [0.717, 1.165) is 5.01 Å². The first-order valence-electron chi connectivity index (χ1n) is 3.88. The molecule has 0 aliphatic heterocycles. The zero-order chi connectivity index (χ0) is 9.90. The number of hydrogen-bond donors (Lipinski definition) is 0. The first kappa shape index (κ1) is 10.6. The number of thiazole rings is 1. The molecule has 74 valence electrons. The minimum absolute atomic E-state index is 0.134. The third-order valence-electron chi connectivity index (χ3n) is 1.68. The topological polar surface area (TPSA) is 50.3 Å². The maximum absolute atomic E-state index is 11.3. The molecule has 0 aliphatic rings. The standard InChI is InChI=1S/C7H12N2O2S2/c1-3-13(10,11)9(2)6-7-8-4-5-12-7/h4-5H,3,6H2,1-2H3. The summed E-state index contributed by atoms with van der Waals surface area (Å²) in [6.07, 6.45) is 1.67. The summed E-state index contributed by atoms with van der Waals surface area (Å²) >= 11 is 1.46. The van der Waals surface area contributed by atoms with Gasteiger partial charge in [-0.1, -0.05) is 0 Å². The smallest absolute Gasteiger partial charge is 0.213 e. The quantitative estimate of drug-likeness (QED) is 0.758. The third kappa shape index (κ3) is 2.75. The SMILES string of the molecule is CCS(=O)(=O)N(C)Cc1nccs1. The summed E-state index contributed by atoms with van der Waals surface area (Å²) in [5.74, 6) is 0.134. The lowest BCUT2D eigenvalue weighted by Crippen LogP contribution is -2.27. The van der Waals surface area contributed by atoms with Gasteiger partial charge in [0, 0.05) is 18.6 Å². The van der Waals surface area contributed by atoms with Gasteiger partial charge in [0.2, 0.25) is 10.0 Å². The van der Waals surface area contributed by atoms with Crippen LogP contribution in [0.2, 0.25) is 0 Å². The highest BCUT2D eigenvalue weighted by Crippen LogP contribution is 2.09. The highest BCUT2D eigenvalue weighted by Gasteiger charge is 2.15. The summed E-state index contributed by atoms with van der Waals surface area (Å²) in [6.45, 7) is 2.00. The van der Waals surface area contributed by atoms with E-state index >= 15 is 0 Å². The largest absolute Gasteiger partial charge is 0.248 e. The monoisotopic (exact) mass is 220 g/mol. The van der Waals surface area contributed by atoms with Crippen LogP contribution in [0.5, 0.6) is 0 Å². The molecule has 0 aromatic carbocycles. The maximum atomic E-state index is 11.3. The van der Waals surface area contributed by atoms with Gasteiger partial charge in [-0.25, -0.2) is 13.4 Å². The number of hydrogen-bond acceptors (Lipinski definition) is 4. The molecule has 0 radical (unpaired) electrons. The van der Waals surface area contributed by atoms with E-state index in [0.29, 0.717) is 6.54 Å². The maximum Gasteiger partial charge on any atom is 0.213 e. The van der Waals surface area contributed by atoms with Crippen molar-refractivity contribution in [3.05, 3.63) is 16.6 Å². The van der Waals surface area contributed by atoms with Crippen LogP contribution in [0.15, 0.2) is 11.6 Å². The molecule has 0 amide bonds. The minimum Gasteiger partial charge on any atom is -0.248 e. The second-order valence-electron chi connectivity index (χ2n) is 2.58. The van der Waals surface area contributed by atoms with Crippen molar-refractivity contribution in [1.82, 2.24) is 9.29 Å². The normalized spacial score (nSPS) is 12.2. The van der Waals surface area contributed by atoms with Gasteiger partial charge in [-0.05, 0) is 6.92 Å². The lowest BCUT2D eigenvalue weighted by molar-refractivity contribution is 0.467. The molecule has 1 aromatic heterocycles. The van der Waals surface area contributed by atoms with Crippen LogP contribution in [0.4, 0.5) is 0 Å². The molecule has 6 heteroatoms. The van der Waals surface area contributed by atoms with E-state index < -0.39 is 10.0 Å². The molecule has 1 aromatic rings. The number of rotatable bonds is 4. The lowest BCUT2D eigenvalue weighted by Gasteiger charge is -2.13. The fourth-order valence-corrected chi connectivity index (χ4v) is 2.35. The van der Waals surface area contributed by atoms with Crippen molar-refractivity contribution in [1.29, 1.82) is 0 Å². The van der Waals surface area contributed by atoms with E-state index in [4.69, 9.17) is 0 Å². The van der Waals surface area contributed by atoms with Crippen molar-refractivity contribution in [2.45, 2.75) is 13.5 Å². The Balaban J connectivity index is 2.66. The van der Waals surface area contributed by atoms with Crippen molar-refractivity contribution >= 4 is 21.4 Å². The highest BCUT2D eigenvalue weighted by molar-refractivity contribution is 7.89. The highest BCUT2D eigenvalue weighted by atomic mass is 32.2. The Morgan fingerprint density at radius 1 is 1.62 bits per heavy atom. The summed E-state index contributed by atoms with van der Waals surface area (Å²) < 4.78 is 24.0. The summed E-state index contributed by atoms with van der Waals surface area (Å²) in [7, 11) is -1.50. The van der Waals surface area contributed by atoms with E-state index in [1.165, 1.54) is 15.6 Å². The van der Waals surface area contributed by atoms with E-state index in [1.54, 1.807) is 20.2 Å². The van der Waals surface area contributed by atoms with E-state index in [-0.39, 0.29) is 5.75 Å². The van der Waals surface area contributed by atoms with Crippen LogP contribution in [0.3, 0.4) is 0 Å². The fraction of sp³-hybridized carbons (Fsp3) is 0.571. The molecule has 13 heavy (non-hydrogen) atoms. The van der Waals surface area contributed by atoms with Crippen molar-refractivity contribution < 1.29 is 8.42 Å². The number of nitrogens with zero attached hydrogens (tertiary/aromatic N) is 2. The second kappa shape index (κ2) is 4.17. The third-order valence-corrected chi connectivity index (χ3v) is 4.25. The molecule has 0 bridgehead atoms. The van der Waals surface area contributed by atoms with E-state index in [2.05, 4.69) is 4.98 Å². The lowest BCUT2D eigenvalue weighted by atomic mass is 10.7. The van der Waals surface area contributed by atoms with Crippen LogP contribution in [-0.4, -0.2) is 30.5 Å². The first-order valence-corrected chi connectivity index (χ1v) is 6.37. The Morgan fingerprint density at radius 3 is 2.77 bits per heavy atom. The molecular formula is C7H12N2O2S2. The van der Waals surface area contributed by atoms with Crippen molar-refractivity contribution in [2.24, 2.45) is 0 Å². The van der Waals surface area contributed by atoms with Crippen LogP contribution in [0, 0.1) is 0 Å². The van der Waals surface area contributed by atoms with Crippen LogP contribution < -0.4 is 0 Å². The van der Waals surface area contributed by atoms with Gasteiger partial charge in [-0.15, -0.1) is 11.3 Å². The van der Waals surface area contributed by atoms with Gasteiger partial charge in [-0.2, -0.15) is 4.31 Å². The average Bonchev–Trinajstić information content (AvgIpc) is 2.57. The Labute approximate surface area is 82.3 Å². The summed E-state index contributed by atoms with van der Waals surface area (Å²) in [5, 5.41) is 2.65. The van der Waals surface area contributed by atoms with Crippen molar-refractivity contribution in [2.75, 3.05) is 12.8 Å². The predicted octanol–water partition coefficient (Wildman–Crippen LogP) is 0.925. The van der Waals surface area contributed by atoms with Gasteiger partial charge in [-0.3, -0.25) is 0 Å². The van der Waals surface area contributed by atoms with E-state index in [1.807, 2.05) is 5.38 Å². The minimum atomic E-state index is -3.07. The Bertz CT molecular complexity index is 345. The molecule has 4 nitrogen and oxygen atoms in total. The predicted molar refractivity (Wildman–Crippen MR) is 53.0 cm³/mol. The summed E-state index contributed by atoms with van der Waals surface area (Å²) in [5.41, 5.74) is 0. The molecule has 0 atom stereocenters. The summed E-state index contributed by atoms with van der Waals surface area (Å²) in [6, 6.07) is 0. The Morgan fingerprint density at radius 2 is 2.31 bits per heavy atom. The zero-order valence-corrected chi connectivity index (χ0v) is 9.23. The van der Waals surface area contributed by atoms with Crippen molar-refractivity contribution in [3.63, 3.8) is 0 Å². The van der Waals surface area contributed by atoms with Gasteiger partial charge in [0.15, 0.2) is 0 Å². The van der Waals surface area contributed by atoms with Gasteiger partial charge < -0.3 is 0 Å². The molecule has 0 fully saturated rings. The van der Waals surface area contributed by atoms with Gasteiger partial charge >= 0.3 is 0 Å². The Kier molecular flexibility index (Phi) is 3.40. The second-order valence-corrected chi connectivity index (χ2v) is 5.93. The molecule has 0 N–H and O–H groups in total. The zero-order valence-electron chi connectivity index (χ0n) is 7.60. The fourth-order valence-electron chi connectivity index (χ4n) is 0.840. The first-order chi connectivity index (χ1) is 6.06. The average molecular weight is 220 g/mol. The van der Waals surface area contributed by atoms with E-state index in [9.17, 15) is 8.42 Å². The molecule has 1 rings (SSSR count). The van der Waals surface area contributed by atoms with Crippen molar-refractivity contribution in [3.8, 4) is 0 Å². The summed E-state index contributed by atoms with van der Waals surface area (Å²) in [4.78, 5) is 4.02. The molecule has 0 saturated heterocycles. The molecule has 0 aliphatic carbocycles. The van der Waals surface area contributed by atoms with Gasteiger partial charge in [0.25, 0.3) is 0 Å². The van der Waals surface area contributed by atoms with Crippen LogP contribution in [0.25, 0.3) is 0 Å². The molecular weight excluding hydrogens is 208 g/mol. The number of aromatic nitrogens is 1. The molecule has 1 heterocycles. The Hall–Kier alpha value is -0.460. The van der Waals surface area contributed by atoms with Crippen LogP contribution >= 0.6 is 11.3 Å². The van der Waals surface area contributed by atoms with Gasteiger partial charge in [0.1, 0.15) is 5.01 Å². The van der Waals surface area contributed by atoms with Crippen LogP contribution in [-0.2, 0) is 16.6 Å². The van der Waals surface area contributed by atoms with Gasteiger partial charge in [0.05, 0.1) is 12.3 Å². The molecule has 0 unspecified atom stereocenters. The number of sulfonamides is 1. The molecule has 0 spiro atoms. The van der Waals surface area contributed by atoms with Crippen LogP contribution in [0.1, 0.15) is 11.9 Å². The molecule has 0 saturated carbocycles.